The predicted molar refractivity (Wildman–Crippen MR) is 96.1 cm³/mol. The van der Waals surface area contributed by atoms with E-state index in [1.807, 2.05) is 12.1 Å². The molecule has 2 aromatic carbocycles. The highest BCUT2D eigenvalue weighted by Gasteiger charge is 2.04. The van der Waals surface area contributed by atoms with Crippen LogP contribution in [0.2, 0.25) is 0 Å². The van der Waals surface area contributed by atoms with Crippen molar-refractivity contribution in [3.8, 4) is 5.75 Å². The van der Waals surface area contributed by atoms with Crippen molar-refractivity contribution < 1.29 is 4.74 Å². The van der Waals surface area contributed by atoms with Gasteiger partial charge in [-0.2, -0.15) is 0 Å². The number of hydrogen-bond acceptors (Lipinski definition) is 2. The largest absolute Gasteiger partial charge is 0.492 e. The molecular formula is C17H19Br2NO. The smallest absolute Gasteiger partial charge is 0.133 e. The molecular weight excluding hydrogens is 394 g/mol. The summed E-state index contributed by atoms with van der Waals surface area (Å²) in [6.45, 7) is 5.74. The van der Waals surface area contributed by atoms with Gasteiger partial charge in [0.2, 0.25) is 0 Å². The zero-order valence-corrected chi connectivity index (χ0v) is 15.4. The molecule has 0 aliphatic rings. The Morgan fingerprint density at radius 3 is 2.57 bits per heavy atom. The molecule has 112 valence electrons. The van der Waals surface area contributed by atoms with Gasteiger partial charge in [-0.3, -0.25) is 0 Å². The maximum Gasteiger partial charge on any atom is 0.133 e. The summed E-state index contributed by atoms with van der Waals surface area (Å²) in [4.78, 5) is 0. The van der Waals surface area contributed by atoms with E-state index in [2.05, 4.69) is 75.3 Å². The van der Waals surface area contributed by atoms with Crippen LogP contribution in [0, 0.1) is 6.92 Å². The van der Waals surface area contributed by atoms with E-state index in [4.69, 9.17) is 4.74 Å². The molecule has 0 fully saturated rings. The van der Waals surface area contributed by atoms with E-state index in [1.54, 1.807) is 0 Å². The summed E-state index contributed by atoms with van der Waals surface area (Å²) in [5.41, 5.74) is 3.60. The van der Waals surface area contributed by atoms with Crippen molar-refractivity contribution in [2.24, 2.45) is 0 Å². The molecule has 0 saturated heterocycles. The van der Waals surface area contributed by atoms with Gasteiger partial charge in [0, 0.05) is 16.7 Å². The van der Waals surface area contributed by atoms with Gasteiger partial charge in [-0.25, -0.2) is 0 Å². The third-order valence-corrected chi connectivity index (χ3v) is 4.24. The molecule has 0 saturated carbocycles. The van der Waals surface area contributed by atoms with Gasteiger partial charge in [0.25, 0.3) is 0 Å². The van der Waals surface area contributed by atoms with Crippen LogP contribution >= 0.6 is 31.9 Å². The molecule has 4 heteroatoms. The van der Waals surface area contributed by atoms with Crippen LogP contribution in [-0.4, -0.2) is 6.61 Å². The van der Waals surface area contributed by atoms with Crippen molar-refractivity contribution in [3.05, 3.63) is 56.5 Å². The summed E-state index contributed by atoms with van der Waals surface area (Å²) in [6, 6.07) is 12.5. The molecule has 2 aromatic rings. The molecule has 2 rings (SSSR count). The summed E-state index contributed by atoms with van der Waals surface area (Å²) >= 11 is 7.05. The second-order valence-corrected chi connectivity index (χ2v) is 6.70. The molecule has 1 N–H and O–H groups in total. The minimum atomic E-state index is 0.744. The Labute approximate surface area is 143 Å². The number of aryl methyl sites for hydroxylation is 1. The van der Waals surface area contributed by atoms with Crippen LogP contribution in [0.5, 0.6) is 5.75 Å². The normalized spacial score (nSPS) is 10.5. The van der Waals surface area contributed by atoms with Gasteiger partial charge in [-0.05, 0) is 70.7 Å². The Bertz CT molecular complexity index is 614. The Morgan fingerprint density at radius 1 is 1.10 bits per heavy atom. The van der Waals surface area contributed by atoms with Gasteiger partial charge in [0.05, 0.1) is 11.1 Å². The minimum absolute atomic E-state index is 0.744. The summed E-state index contributed by atoms with van der Waals surface area (Å²) < 4.78 is 7.77. The SMILES string of the molecule is CCCOc1ccc(CNc2ccc(Br)cc2C)cc1Br. The van der Waals surface area contributed by atoms with E-state index in [1.165, 1.54) is 11.1 Å². The van der Waals surface area contributed by atoms with E-state index in [0.717, 1.165) is 40.0 Å². The fourth-order valence-corrected chi connectivity index (χ4v) is 3.02. The summed E-state index contributed by atoms with van der Waals surface area (Å²) in [5.74, 6) is 0.903. The lowest BCUT2D eigenvalue weighted by Gasteiger charge is -2.12. The van der Waals surface area contributed by atoms with Crippen molar-refractivity contribution in [3.63, 3.8) is 0 Å². The second-order valence-electron chi connectivity index (χ2n) is 4.93. The molecule has 0 heterocycles. The molecule has 0 radical (unpaired) electrons. The molecule has 0 spiro atoms. The topological polar surface area (TPSA) is 21.3 Å². The lowest BCUT2D eigenvalue weighted by atomic mass is 10.1. The van der Waals surface area contributed by atoms with Gasteiger partial charge >= 0.3 is 0 Å². The van der Waals surface area contributed by atoms with Crippen LogP contribution in [0.25, 0.3) is 0 Å². The number of hydrogen-bond donors (Lipinski definition) is 1. The van der Waals surface area contributed by atoms with Crippen LogP contribution in [0.1, 0.15) is 24.5 Å². The highest BCUT2D eigenvalue weighted by Crippen LogP contribution is 2.27. The van der Waals surface area contributed by atoms with Gasteiger partial charge in [0.15, 0.2) is 0 Å². The van der Waals surface area contributed by atoms with Gasteiger partial charge < -0.3 is 10.1 Å². The third kappa shape index (κ3) is 4.75. The fraction of sp³-hybridized carbons (Fsp3) is 0.294. The maximum atomic E-state index is 5.66. The van der Waals surface area contributed by atoms with Gasteiger partial charge in [-0.15, -0.1) is 0 Å². The minimum Gasteiger partial charge on any atom is -0.492 e. The van der Waals surface area contributed by atoms with Crippen LogP contribution < -0.4 is 10.1 Å². The first-order valence-corrected chi connectivity index (χ1v) is 8.60. The second kappa shape index (κ2) is 7.85. The van der Waals surface area contributed by atoms with E-state index in [9.17, 15) is 0 Å². The lowest BCUT2D eigenvalue weighted by Crippen LogP contribution is -2.02. The molecule has 21 heavy (non-hydrogen) atoms. The van der Waals surface area contributed by atoms with E-state index >= 15 is 0 Å². The molecule has 0 atom stereocenters. The average molecular weight is 413 g/mol. The van der Waals surface area contributed by atoms with E-state index < -0.39 is 0 Å². The highest BCUT2D eigenvalue weighted by molar-refractivity contribution is 9.10. The first-order valence-electron chi connectivity index (χ1n) is 7.01. The molecule has 0 amide bonds. The molecule has 0 aromatic heterocycles. The van der Waals surface area contributed by atoms with Crippen molar-refractivity contribution in [2.75, 3.05) is 11.9 Å². The van der Waals surface area contributed by atoms with Crippen molar-refractivity contribution in [2.45, 2.75) is 26.8 Å². The van der Waals surface area contributed by atoms with Gasteiger partial charge in [0.1, 0.15) is 5.75 Å². The fourth-order valence-electron chi connectivity index (χ4n) is 2.01. The van der Waals surface area contributed by atoms with Gasteiger partial charge in [-0.1, -0.05) is 28.9 Å². The van der Waals surface area contributed by atoms with E-state index in [-0.39, 0.29) is 0 Å². The maximum absolute atomic E-state index is 5.66. The Kier molecular flexibility index (Phi) is 6.12. The highest BCUT2D eigenvalue weighted by atomic mass is 79.9. The molecule has 0 unspecified atom stereocenters. The Hall–Kier alpha value is -1.000. The van der Waals surface area contributed by atoms with Crippen molar-refractivity contribution in [1.29, 1.82) is 0 Å². The lowest BCUT2D eigenvalue weighted by molar-refractivity contribution is 0.315. The first-order chi connectivity index (χ1) is 10.1. The molecule has 0 aliphatic heterocycles. The third-order valence-electron chi connectivity index (χ3n) is 3.13. The van der Waals surface area contributed by atoms with Crippen LogP contribution in [0.4, 0.5) is 5.69 Å². The van der Waals surface area contributed by atoms with Crippen LogP contribution in [0.15, 0.2) is 45.3 Å². The van der Waals surface area contributed by atoms with Crippen LogP contribution in [0.3, 0.4) is 0 Å². The van der Waals surface area contributed by atoms with Crippen molar-refractivity contribution in [1.82, 2.24) is 0 Å². The van der Waals surface area contributed by atoms with E-state index in [0.29, 0.717) is 0 Å². The number of benzene rings is 2. The van der Waals surface area contributed by atoms with Crippen molar-refractivity contribution >= 4 is 37.5 Å². The summed E-state index contributed by atoms with van der Waals surface area (Å²) in [6.07, 6.45) is 1.01. The Morgan fingerprint density at radius 2 is 1.90 bits per heavy atom. The summed E-state index contributed by atoms with van der Waals surface area (Å²) in [7, 11) is 0. The zero-order chi connectivity index (χ0) is 15.2. The number of rotatable bonds is 6. The number of anilines is 1. The molecule has 2 nitrogen and oxygen atoms in total. The molecule has 0 aliphatic carbocycles. The number of ether oxygens (including phenoxy) is 1. The average Bonchev–Trinajstić information content (AvgIpc) is 2.45. The number of halogens is 2. The first kappa shape index (κ1) is 16.4. The van der Waals surface area contributed by atoms with Crippen LogP contribution in [-0.2, 0) is 6.54 Å². The molecule has 0 bridgehead atoms. The predicted octanol–water partition coefficient (Wildman–Crippen LogP) is 5.92. The quantitative estimate of drug-likeness (QED) is 0.635. The monoisotopic (exact) mass is 411 g/mol. The summed E-state index contributed by atoms with van der Waals surface area (Å²) in [5, 5.41) is 3.46. The number of nitrogens with one attached hydrogen (secondary N) is 1. The zero-order valence-electron chi connectivity index (χ0n) is 12.2. The Balaban J connectivity index is 2.01. The standard InChI is InChI=1S/C17H19Br2NO/c1-3-8-21-17-7-4-13(10-15(17)19)11-20-16-6-5-14(18)9-12(16)2/h4-7,9-10,20H,3,8,11H2,1-2H3.